The molecule has 2 fully saturated rings. The highest BCUT2D eigenvalue weighted by molar-refractivity contribution is 7.91. The van der Waals surface area contributed by atoms with E-state index in [1.165, 1.54) is 25.7 Å². The van der Waals surface area contributed by atoms with Crippen molar-refractivity contribution in [2.24, 2.45) is 17.8 Å². The molecule has 0 heterocycles. The van der Waals surface area contributed by atoms with Gasteiger partial charge < -0.3 is 5.32 Å². The lowest BCUT2D eigenvalue weighted by molar-refractivity contribution is 0.427. The highest BCUT2D eigenvalue weighted by atomic mass is 32.2. The van der Waals surface area contributed by atoms with Gasteiger partial charge in [0.15, 0.2) is 9.84 Å². The Bertz CT molecular complexity index is 330. The van der Waals surface area contributed by atoms with Gasteiger partial charge in [0, 0.05) is 12.6 Å². The van der Waals surface area contributed by atoms with Gasteiger partial charge in [-0.3, -0.25) is 0 Å². The first-order valence-corrected chi connectivity index (χ1v) is 8.74. The Morgan fingerprint density at radius 3 is 2.06 bits per heavy atom. The van der Waals surface area contributed by atoms with E-state index >= 15 is 0 Å². The van der Waals surface area contributed by atoms with E-state index in [0.29, 0.717) is 24.1 Å². The lowest BCUT2D eigenvalue weighted by atomic mass is 10.1. The molecule has 2 aliphatic rings. The SMILES string of the molecule is CC(C)CS(=O)(=O)CCNC(C1CC1)C1CC1. The third-order valence-electron chi connectivity index (χ3n) is 3.64. The number of nitrogens with one attached hydrogen (secondary N) is 1. The Balaban J connectivity index is 1.70. The second-order valence-corrected chi connectivity index (χ2v) is 8.39. The van der Waals surface area contributed by atoms with E-state index in [0.717, 1.165) is 11.8 Å². The molecular formula is C13H25NO2S. The fourth-order valence-corrected chi connectivity index (χ4v) is 4.21. The number of hydrogen-bond acceptors (Lipinski definition) is 3. The molecule has 3 nitrogen and oxygen atoms in total. The van der Waals surface area contributed by atoms with E-state index in [-0.39, 0.29) is 5.92 Å². The zero-order valence-electron chi connectivity index (χ0n) is 11.0. The van der Waals surface area contributed by atoms with Crippen molar-refractivity contribution in [3.05, 3.63) is 0 Å². The third kappa shape index (κ3) is 4.59. The topological polar surface area (TPSA) is 46.2 Å². The highest BCUT2D eigenvalue weighted by Crippen LogP contribution is 2.44. The highest BCUT2D eigenvalue weighted by Gasteiger charge is 2.40. The van der Waals surface area contributed by atoms with Crippen molar-refractivity contribution in [1.82, 2.24) is 5.32 Å². The summed E-state index contributed by atoms with van der Waals surface area (Å²) in [5.74, 6) is 2.56. The van der Waals surface area contributed by atoms with Crippen molar-refractivity contribution >= 4 is 9.84 Å². The zero-order chi connectivity index (χ0) is 12.5. The summed E-state index contributed by atoms with van der Waals surface area (Å²) < 4.78 is 23.5. The van der Waals surface area contributed by atoms with Gasteiger partial charge in [0.1, 0.15) is 0 Å². The summed E-state index contributed by atoms with van der Waals surface area (Å²) in [5, 5.41) is 3.49. The molecular weight excluding hydrogens is 234 g/mol. The van der Waals surface area contributed by atoms with Gasteiger partial charge in [0.25, 0.3) is 0 Å². The van der Waals surface area contributed by atoms with Gasteiger partial charge in [0.05, 0.1) is 11.5 Å². The molecule has 0 aliphatic heterocycles. The summed E-state index contributed by atoms with van der Waals surface area (Å²) in [6, 6.07) is 0.615. The normalized spacial score (nSPS) is 21.4. The second-order valence-electron chi connectivity index (χ2n) is 6.16. The maximum Gasteiger partial charge on any atom is 0.151 e. The van der Waals surface area contributed by atoms with Crippen LogP contribution in [0.15, 0.2) is 0 Å². The average Bonchev–Trinajstić information content (AvgIpc) is 3.02. The van der Waals surface area contributed by atoms with E-state index in [4.69, 9.17) is 0 Å². The molecule has 17 heavy (non-hydrogen) atoms. The smallest absolute Gasteiger partial charge is 0.151 e. The largest absolute Gasteiger partial charge is 0.312 e. The van der Waals surface area contributed by atoms with Gasteiger partial charge in [-0.25, -0.2) is 8.42 Å². The fraction of sp³-hybridized carbons (Fsp3) is 1.00. The predicted molar refractivity (Wildman–Crippen MR) is 70.7 cm³/mol. The van der Waals surface area contributed by atoms with Crippen LogP contribution in [0.4, 0.5) is 0 Å². The van der Waals surface area contributed by atoms with E-state index in [2.05, 4.69) is 5.32 Å². The number of hydrogen-bond donors (Lipinski definition) is 1. The minimum atomic E-state index is -2.85. The van der Waals surface area contributed by atoms with Crippen LogP contribution < -0.4 is 5.32 Å². The van der Waals surface area contributed by atoms with Gasteiger partial charge in [-0.05, 0) is 43.4 Å². The summed E-state index contributed by atoms with van der Waals surface area (Å²) in [6.07, 6.45) is 5.36. The van der Waals surface area contributed by atoms with E-state index < -0.39 is 9.84 Å². The Kier molecular flexibility index (Phi) is 4.14. The quantitative estimate of drug-likeness (QED) is 0.723. The van der Waals surface area contributed by atoms with Crippen LogP contribution in [0.5, 0.6) is 0 Å². The minimum Gasteiger partial charge on any atom is -0.312 e. The summed E-state index contributed by atoms with van der Waals surface area (Å²) in [4.78, 5) is 0. The second kappa shape index (κ2) is 5.27. The molecule has 0 aromatic heterocycles. The zero-order valence-corrected chi connectivity index (χ0v) is 11.8. The van der Waals surface area contributed by atoms with Gasteiger partial charge in [-0.2, -0.15) is 0 Å². The van der Waals surface area contributed by atoms with Crippen LogP contribution in [-0.4, -0.2) is 32.5 Å². The van der Waals surface area contributed by atoms with Crippen LogP contribution in [0, 0.1) is 17.8 Å². The molecule has 2 aliphatic carbocycles. The number of rotatable bonds is 8. The van der Waals surface area contributed by atoms with Crippen LogP contribution in [0.2, 0.25) is 0 Å². The first kappa shape index (κ1) is 13.3. The van der Waals surface area contributed by atoms with Crippen molar-refractivity contribution in [1.29, 1.82) is 0 Å². The molecule has 0 amide bonds. The first-order valence-electron chi connectivity index (χ1n) is 6.92. The minimum absolute atomic E-state index is 0.239. The van der Waals surface area contributed by atoms with Crippen LogP contribution in [-0.2, 0) is 9.84 Å². The Labute approximate surface area is 105 Å². The fourth-order valence-electron chi connectivity index (χ4n) is 2.60. The standard InChI is InChI=1S/C13H25NO2S/c1-10(2)9-17(15,16)8-7-14-13(11-3-4-11)12-5-6-12/h10-14H,3-9H2,1-2H3. The van der Waals surface area contributed by atoms with Crippen LogP contribution in [0.3, 0.4) is 0 Å². The molecule has 0 radical (unpaired) electrons. The first-order chi connectivity index (χ1) is 7.98. The molecule has 0 atom stereocenters. The molecule has 2 saturated carbocycles. The lowest BCUT2D eigenvalue weighted by Gasteiger charge is -2.17. The summed E-state index contributed by atoms with van der Waals surface area (Å²) in [7, 11) is -2.85. The summed E-state index contributed by atoms with van der Waals surface area (Å²) in [5.41, 5.74) is 0. The van der Waals surface area contributed by atoms with Crippen LogP contribution >= 0.6 is 0 Å². The van der Waals surface area contributed by atoms with Gasteiger partial charge in [0.2, 0.25) is 0 Å². The third-order valence-corrected chi connectivity index (χ3v) is 5.64. The van der Waals surface area contributed by atoms with Crippen LogP contribution in [0.25, 0.3) is 0 Å². The van der Waals surface area contributed by atoms with Crippen molar-refractivity contribution in [2.45, 2.75) is 45.6 Å². The molecule has 1 N–H and O–H groups in total. The lowest BCUT2D eigenvalue weighted by Crippen LogP contribution is -2.37. The molecule has 0 unspecified atom stereocenters. The van der Waals surface area contributed by atoms with E-state index in [9.17, 15) is 8.42 Å². The molecule has 4 heteroatoms. The van der Waals surface area contributed by atoms with Crippen molar-refractivity contribution < 1.29 is 8.42 Å². The molecule has 0 spiro atoms. The number of sulfone groups is 1. The van der Waals surface area contributed by atoms with Crippen molar-refractivity contribution in [3.63, 3.8) is 0 Å². The van der Waals surface area contributed by atoms with E-state index in [1.807, 2.05) is 13.8 Å². The van der Waals surface area contributed by atoms with Crippen LogP contribution in [0.1, 0.15) is 39.5 Å². The summed E-state index contributed by atoms with van der Waals surface area (Å²) >= 11 is 0. The maximum absolute atomic E-state index is 11.8. The Hall–Kier alpha value is -0.0900. The van der Waals surface area contributed by atoms with Gasteiger partial charge in [-0.1, -0.05) is 13.8 Å². The maximum atomic E-state index is 11.8. The Morgan fingerprint density at radius 1 is 1.12 bits per heavy atom. The Morgan fingerprint density at radius 2 is 1.65 bits per heavy atom. The molecule has 2 rings (SSSR count). The molecule has 0 bridgehead atoms. The van der Waals surface area contributed by atoms with Crippen molar-refractivity contribution in [2.75, 3.05) is 18.1 Å². The average molecular weight is 259 g/mol. The van der Waals surface area contributed by atoms with Crippen molar-refractivity contribution in [3.8, 4) is 0 Å². The van der Waals surface area contributed by atoms with Gasteiger partial charge >= 0.3 is 0 Å². The van der Waals surface area contributed by atoms with Gasteiger partial charge in [-0.15, -0.1) is 0 Å². The molecule has 0 aromatic carbocycles. The monoisotopic (exact) mass is 259 g/mol. The predicted octanol–water partition coefficient (Wildman–Crippen LogP) is 1.84. The molecule has 100 valence electrons. The molecule has 0 aromatic rings. The summed E-state index contributed by atoms with van der Waals surface area (Å²) in [6.45, 7) is 4.57. The van der Waals surface area contributed by atoms with E-state index in [1.54, 1.807) is 0 Å². The molecule has 0 saturated heterocycles.